The Kier molecular flexibility index (Phi) is 15.1. The molecule has 0 bridgehead atoms. The maximum absolute atomic E-state index is 12.0. The van der Waals surface area contributed by atoms with E-state index in [0.717, 1.165) is 27.3 Å². The van der Waals surface area contributed by atoms with Gasteiger partial charge in [0, 0.05) is 38.9 Å². The van der Waals surface area contributed by atoms with Crippen LogP contribution in [-0.4, -0.2) is 48.9 Å². The second-order valence-corrected chi connectivity index (χ2v) is 14.6. The van der Waals surface area contributed by atoms with Crippen molar-refractivity contribution in [3.8, 4) is 11.5 Å². The summed E-state index contributed by atoms with van der Waals surface area (Å²) in [4.78, 5) is 26.2. The molecular weight excluding hydrogens is 665 g/mol. The molecule has 4 aromatic rings. The predicted octanol–water partition coefficient (Wildman–Crippen LogP) is 9.58. The van der Waals surface area contributed by atoms with Crippen LogP contribution in [0.15, 0.2) is 144 Å². The first-order chi connectivity index (χ1) is 24.2. The molecule has 0 amide bonds. The molecule has 0 aliphatic heterocycles. The van der Waals surface area contributed by atoms with E-state index in [-0.39, 0.29) is 18.6 Å². The summed E-state index contributed by atoms with van der Waals surface area (Å²) in [5.74, 6) is 2.01. The van der Waals surface area contributed by atoms with Gasteiger partial charge in [0.2, 0.25) is 0 Å². The fourth-order valence-electron chi connectivity index (χ4n) is 5.50. The van der Waals surface area contributed by atoms with E-state index < -0.39 is 24.1 Å². The topological polar surface area (TPSA) is 71.1 Å². The maximum atomic E-state index is 12.0. The van der Waals surface area contributed by atoms with Crippen LogP contribution in [0.25, 0.3) is 0 Å². The van der Waals surface area contributed by atoms with E-state index >= 15 is 0 Å². The van der Waals surface area contributed by atoms with Crippen molar-refractivity contribution < 1.29 is 28.5 Å². The standard InChI is InChI=1S/C42H46O6S2/c1-6-40(43)47-36(29-49-38-14-10-8-11-15-38)27-45-34-22-18-32(19-23-34)42(5,26-31(3)4)33-20-24-35(25-21-33)46-28-37(48-41(44)7-2)30-50-39-16-12-9-13-17-39/h6-25,31,36-37H,1-2,26-30H2,3-5H3. The number of benzene rings is 4. The van der Waals surface area contributed by atoms with Crippen molar-refractivity contribution >= 4 is 35.5 Å². The van der Waals surface area contributed by atoms with Gasteiger partial charge >= 0.3 is 11.9 Å². The monoisotopic (exact) mass is 710 g/mol. The highest BCUT2D eigenvalue weighted by molar-refractivity contribution is 7.99. The molecule has 2 unspecified atom stereocenters. The molecule has 0 aliphatic rings. The number of carbonyl (C=O) groups excluding carboxylic acids is 2. The van der Waals surface area contributed by atoms with Gasteiger partial charge in [0.1, 0.15) is 36.9 Å². The molecule has 4 aromatic carbocycles. The first-order valence-corrected chi connectivity index (χ1v) is 18.6. The molecule has 0 spiro atoms. The maximum Gasteiger partial charge on any atom is 0.330 e. The Morgan fingerprint density at radius 3 is 1.36 bits per heavy atom. The second-order valence-electron chi connectivity index (χ2n) is 12.4. The molecular formula is C42H46O6S2. The normalized spacial score (nSPS) is 13.4. The minimum atomic E-state index is -0.471. The van der Waals surface area contributed by atoms with Gasteiger partial charge in [-0.1, -0.05) is 94.6 Å². The van der Waals surface area contributed by atoms with Crippen molar-refractivity contribution in [2.24, 2.45) is 5.92 Å². The Labute approximate surface area is 305 Å². The Hall–Kier alpha value is -4.40. The molecule has 0 radical (unpaired) electrons. The summed E-state index contributed by atoms with van der Waals surface area (Å²) in [7, 11) is 0. The zero-order chi connectivity index (χ0) is 35.8. The smallest absolute Gasteiger partial charge is 0.330 e. The van der Waals surface area contributed by atoms with Crippen LogP contribution in [0.2, 0.25) is 0 Å². The van der Waals surface area contributed by atoms with Gasteiger partial charge in [-0.05, 0) is 72.0 Å². The molecule has 50 heavy (non-hydrogen) atoms. The van der Waals surface area contributed by atoms with Gasteiger partial charge < -0.3 is 18.9 Å². The van der Waals surface area contributed by atoms with Crippen LogP contribution in [0.5, 0.6) is 11.5 Å². The Bertz CT molecular complexity index is 1520. The fraction of sp³-hybridized carbons (Fsp3) is 0.286. The Morgan fingerprint density at radius 1 is 0.640 bits per heavy atom. The van der Waals surface area contributed by atoms with E-state index in [0.29, 0.717) is 28.9 Å². The van der Waals surface area contributed by atoms with E-state index in [9.17, 15) is 9.59 Å². The second kappa shape index (κ2) is 19.7. The Balaban J connectivity index is 1.41. The number of rotatable bonds is 20. The minimum absolute atomic E-state index is 0.224. The summed E-state index contributed by atoms with van der Waals surface area (Å²) in [6, 6.07) is 36.3. The van der Waals surface area contributed by atoms with Crippen LogP contribution in [0, 0.1) is 5.92 Å². The molecule has 0 aromatic heterocycles. The lowest BCUT2D eigenvalue weighted by atomic mass is 9.71. The molecule has 262 valence electrons. The molecule has 0 aliphatic carbocycles. The van der Waals surface area contributed by atoms with Crippen molar-refractivity contribution in [3.63, 3.8) is 0 Å². The number of hydrogen-bond acceptors (Lipinski definition) is 8. The average Bonchev–Trinajstić information content (AvgIpc) is 3.14. The lowest BCUT2D eigenvalue weighted by molar-refractivity contribution is -0.144. The van der Waals surface area contributed by atoms with E-state index in [1.807, 2.05) is 84.9 Å². The predicted molar refractivity (Wildman–Crippen MR) is 204 cm³/mol. The number of carbonyl (C=O) groups is 2. The third-order valence-corrected chi connectivity index (χ3v) is 10.2. The lowest BCUT2D eigenvalue weighted by Crippen LogP contribution is -2.27. The SMILES string of the molecule is C=CC(=O)OC(COc1ccc(C(C)(CC(C)C)c2ccc(OCC(CSc3ccccc3)OC(=O)C=C)cc2)cc1)CSc1ccccc1. The molecule has 0 heterocycles. The third kappa shape index (κ3) is 12.2. The average molecular weight is 711 g/mol. The molecule has 0 saturated heterocycles. The van der Waals surface area contributed by atoms with Crippen LogP contribution in [-0.2, 0) is 24.5 Å². The highest BCUT2D eigenvalue weighted by Gasteiger charge is 2.30. The highest BCUT2D eigenvalue weighted by atomic mass is 32.2. The lowest BCUT2D eigenvalue weighted by Gasteiger charge is -2.33. The number of esters is 2. The molecule has 2 atom stereocenters. The van der Waals surface area contributed by atoms with Crippen molar-refractivity contribution in [1.29, 1.82) is 0 Å². The van der Waals surface area contributed by atoms with Gasteiger partial charge in [-0.25, -0.2) is 9.59 Å². The van der Waals surface area contributed by atoms with Gasteiger partial charge in [0.15, 0.2) is 0 Å². The van der Waals surface area contributed by atoms with Gasteiger partial charge in [-0.15, -0.1) is 23.5 Å². The third-order valence-electron chi connectivity index (χ3n) is 7.93. The molecule has 0 N–H and O–H groups in total. The van der Waals surface area contributed by atoms with Gasteiger partial charge in [-0.2, -0.15) is 0 Å². The highest BCUT2D eigenvalue weighted by Crippen LogP contribution is 2.39. The van der Waals surface area contributed by atoms with E-state index in [2.05, 4.69) is 58.2 Å². The minimum Gasteiger partial charge on any atom is -0.490 e. The van der Waals surface area contributed by atoms with Crippen LogP contribution < -0.4 is 9.47 Å². The first kappa shape index (κ1) is 38.4. The summed E-state index contributed by atoms with van der Waals surface area (Å²) in [5, 5.41) is 0. The van der Waals surface area contributed by atoms with E-state index in [4.69, 9.17) is 18.9 Å². The van der Waals surface area contributed by atoms with Crippen LogP contribution in [0.1, 0.15) is 38.3 Å². The summed E-state index contributed by atoms with van der Waals surface area (Å²) < 4.78 is 23.4. The molecule has 0 saturated carbocycles. The summed E-state index contributed by atoms with van der Waals surface area (Å²) in [6.07, 6.45) is 2.40. The van der Waals surface area contributed by atoms with Crippen molar-refractivity contribution in [1.82, 2.24) is 0 Å². The Morgan fingerprint density at radius 2 is 1.02 bits per heavy atom. The van der Waals surface area contributed by atoms with Crippen molar-refractivity contribution in [2.45, 2.75) is 54.6 Å². The molecule has 0 fully saturated rings. The van der Waals surface area contributed by atoms with E-state index in [1.54, 1.807) is 23.5 Å². The fourth-order valence-corrected chi connectivity index (χ4v) is 7.29. The zero-order valence-corrected chi connectivity index (χ0v) is 30.6. The number of thioether (sulfide) groups is 2. The van der Waals surface area contributed by atoms with Crippen LogP contribution >= 0.6 is 23.5 Å². The molecule has 6 nitrogen and oxygen atoms in total. The first-order valence-electron chi connectivity index (χ1n) is 16.7. The summed E-state index contributed by atoms with van der Waals surface area (Å²) in [6.45, 7) is 14.2. The summed E-state index contributed by atoms with van der Waals surface area (Å²) >= 11 is 3.22. The van der Waals surface area contributed by atoms with Crippen LogP contribution in [0.3, 0.4) is 0 Å². The van der Waals surface area contributed by atoms with Crippen LogP contribution in [0.4, 0.5) is 0 Å². The summed E-state index contributed by atoms with van der Waals surface area (Å²) in [5.41, 5.74) is 2.06. The van der Waals surface area contributed by atoms with Crippen molar-refractivity contribution in [2.75, 3.05) is 24.7 Å². The largest absolute Gasteiger partial charge is 0.490 e. The number of hydrogen-bond donors (Lipinski definition) is 0. The molecule has 4 rings (SSSR count). The van der Waals surface area contributed by atoms with Gasteiger partial charge in [-0.3, -0.25) is 0 Å². The molecule has 8 heteroatoms. The van der Waals surface area contributed by atoms with Gasteiger partial charge in [0.25, 0.3) is 0 Å². The van der Waals surface area contributed by atoms with Crippen molar-refractivity contribution in [3.05, 3.63) is 146 Å². The van der Waals surface area contributed by atoms with E-state index in [1.165, 1.54) is 12.2 Å². The quantitative estimate of drug-likeness (QED) is 0.0511. The number of ether oxygens (including phenoxy) is 4. The zero-order valence-electron chi connectivity index (χ0n) is 29.0. The van der Waals surface area contributed by atoms with Gasteiger partial charge in [0.05, 0.1) is 0 Å².